The van der Waals surface area contributed by atoms with Crippen molar-refractivity contribution in [2.45, 2.75) is 26.0 Å². The molecule has 0 spiro atoms. The van der Waals surface area contributed by atoms with Crippen LogP contribution in [0.25, 0.3) is 0 Å². The lowest BCUT2D eigenvalue weighted by Gasteiger charge is -2.22. The molecule has 62 valence electrons. The van der Waals surface area contributed by atoms with Gasteiger partial charge in [0.25, 0.3) is 0 Å². The highest BCUT2D eigenvalue weighted by atomic mass is 16.3. The largest absolute Gasteiger partial charge is 0.394 e. The molecule has 0 saturated heterocycles. The molecule has 0 fully saturated rings. The maximum atomic E-state index is 8.99. The van der Waals surface area contributed by atoms with E-state index in [0.29, 0.717) is 12.6 Å². The van der Waals surface area contributed by atoms with E-state index >= 15 is 0 Å². The van der Waals surface area contributed by atoms with Crippen LogP contribution in [0.5, 0.6) is 0 Å². The summed E-state index contributed by atoms with van der Waals surface area (Å²) in [5.41, 5.74) is 0. The third-order valence-electron chi connectivity index (χ3n) is 1.59. The van der Waals surface area contributed by atoms with Crippen molar-refractivity contribution in [3.05, 3.63) is 0 Å². The first-order valence-electron chi connectivity index (χ1n) is 3.57. The van der Waals surface area contributed by atoms with Gasteiger partial charge >= 0.3 is 0 Å². The molecule has 0 aliphatic heterocycles. The average molecular weight is 147 g/mol. The van der Waals surface area contributed by atoms with Crippen LogP contribution >= 0.6 is 0 Å². The molecule has 0 aliphatic rings. The van der Waals surface area contributed by atoms with Crippen molar-refractivity contribution in [3.8, 4) is 0 Å². The van der Waals surface area contributed by atoms with Gasteiger partial charge < -0.3 is 15.1 Å². The number of aliphatic hydroxyl groups is 2. The summed E-state index contributed by atoms with van der Waals surface area (Å²) in [6, 6.07) is 0.418. The summed E-state index contributed by atoms with van der Waals surface area (Å²) in [4.78, 5) is 1.99. The van der Waals surface area contributed by atoms with Crippen LogP contribution in [-0.4, -0.2) is 47.5 Å². The Bertz CT molecular complexity index is 85.7. The third-order valence-corrected chi connectivity index (χ3v) is 1.59. The van der Waals surface area contributed by atoms with Gasteiger partial charge in [-0.1, -0.05) is 0 Å². The first-order valence-corrected chi connectivity index (χ1v) is 3.57. The van der Waals surface area contributed by atoms with E-state index in [0.717, 1.165) is 0 Å². The zero-order valence-electron chi connectivity index (χ0n) is 6.91. The van der Waals surface area contributed by atoms with E-state index < -0.39 is 6.10 Å². The van der Waals surface area contributed by atoms with Gasteiger partial charge in [0.1, 0.15) is 0 Å². The van der Waals surface area contributed by atoms with E-state index in [1.807, 2.05) is 25.8 Å². The first kappa shape index (κ1) is 9.88. The Balaban J connectivity index is 3.46. The van der Waals surface area contributed by atoms with Crippen molar-refractivity contribution in [2.75, 3.05) is 20.2 Å². The van der Waals surface area contributed by atoms with Crippen molar-refractivity contribution in [2.24, 2.45) is 0 Å². The molecule has 0 aromatic heterocycles. The van der Waals surface area contributed by atoms with Crippen molar-refractivity contribution in [1.82, 2.24) is 4.90 Å². The maximum absolute atomic E-state index is 8.99. The van der Waals surface area contributed by atoms with Gasteiger partial charge in [0.2, 0.25) is 0 Å². The van der Waals surface area contributed by atoms with Crippen molar-refractivity contribution in [3.63, 3.8) is 0 Å². The van der Waals surface area contributed by atoms with Gasteiger partial charge in [0.05, 0.1) is 12.7 Å². The van der Waals surface area contributed by atoms with E-state index in [1.54, 1.807) is 0 Å². The molecule has 0 radical (unpaired) electrons. The van der Waals surface area contributed by atoms with Crippen LogP contribution in [0.15, 0.2) is 0 Å². The second-order valence-corrected chi connectivity index (χ2v) is 2.87. The van der Waals surface area contributed by atoms with Gasteiger partial charge in [0.15, 0.2) is 0 Å². The van der Waals surface area contributed by atoms with Crippen LogP contribution in [-0.2, 0) is 0 Å². The Morgan fingerprint density at radius 2 is 1.90 bits per heavy atom. The van der Waals surface area contributed by atoms with E-state index in [2.05, 4.69) is 0 Å². The van der Waals surface area contributed by atoms with E-state index in [4.69, 9.17) is 10.2 Å². The Kier molecular flexibility index (Phi) is 4.60. The highest BCUT2D eigenvalue weighted by molar-refractivity contribution is 4.62. The van der Waals surface area contributed by atoms with Crippen molar-refractivity contribution >= 4 is 0 Å². The Morgan fingerprint density at radius 1 is 1.40 bits per heavy atom. The summed E-state index contributed by atoms with van der Waals surface area (Å²) < 4.78 is 0. The van der Waals surface area contributed by atoms with Crippen molar-refractivity contribution in [1.29, 1.82) is 0 Å². The van der Waals surface area contributed by atoms with Crippen LogP contribution in [0.3, 0.4) is 0 Å². The van der Waals surface area contributed by atoms with Gasteiger partial charge in [-0.15, -0.1) is 0 Å². The Labute approximate surface area is 62.3 Å². The van der Waals surface area contributed by atoms with E-state index in [1.165, 1.54) is 0 Å². The lowest BCUT2D eigenvalue weighted by atomic mass is 10.3. The molecule has 0 bridgehead atoms. The predicted molar refractivity (Wildman–Crippen MR) is 40.9 cm³/mol. The molecule has 0 amide bonds. The maximum Gasteiger partial charge on any atom is 0.0897 e. The number of aliphatic hydroxyl groups excluding tert-OH is 2. The lowest BCUT2D eigenvalue weighted by Crippen LogP contribution is -2.35. The number of nitrogens with zero attached hydrogens (tertiary/aromatic N) is 1. The summed E-state index contributed by atoms with van der Waals surface area (Å²) >= 11 is 0. The molecule has 3 heteroatoms. The summed E-state index contributed by atoms with van der Waals surface area (Å²) in [7, 11) is 1.92. The molecular weight excluding hydrogens is 130 g/mol. The standard InChI is InChI=1S/C7H17NO2/c1-6(2)8(3)4-7(10)5-9/h6-7,9-10H,4-5H2,1-3H3. The quantitative estimate of drug-likeness (QED) is 0.573. The summed E-state index contributed by atoms with van der Waals surface area (Å²) in [6.45, 7) is 4.47. The van der Waals surface area contributed by atoms with Gasteiger partial charge in [-0.05, 0) is 20.9 Å². The normalized spacial score (nSPS) is 14.7. The number of hydrogen-bond donors (Lipinski definition) is 2. The van der Waals surface area contributed by atoms with E-state index in [9.17, 15) is 0 Å². The molecular formula is C7H17NO2. The molecule has 0 aromatic carbocycles. The van der Waals surface area contributed by atoms with Crippen molar-refractivity contribution < 1.29 is 10.2 Å². The van der Waals surface area contributed by atoms with Crippen LogP contribution < -0.4 is 0 Å². The number of likely N-dealkylation sites (N-methyl/N-ethyl adjacent to an activating group) is 1. The second kappa shape index (κ2) is 4.66. The average Bonchev–Trinajstić information content (AvgIpc) is 1.87. The van der Waals surface area contributed by atoms with Gasteiger partial charge in [-0.3, -0.25) is 0 Å². The zero-order valence-corrected chi connectivity index (χ0v) is 6.91. The second-order valence-electron chi connectivity index (χ2n) is 2.87. The fourth-order valence-corrected chi connectivity index (χ4v) is 0.601. The molecule has 1 unspecified atom stereocenters. The molecule has 0 rings (SSSR count). The molecule has 10 heavy (non-hydrogen) atoms. The summed E-state index contributed by atoms with van der Waals surface area (Å²) in [5.74, 6) is 0. The fourth-order valence-electron chi connectivity index (χ4n) is 0.601. The molecule has 0 saturated carbocycles. The molecule has 0 aromatic rings. The highest BCUT2D eigenvalue weighted by Crippen LogP contribution is 1.94. The summed E-state index contributed by atoms with van der Waals surface area (Å²) in [6.07, 6.45) is -0.604. The SMILES string of the molecule is CC(C)N(C)CC(O)CO. The smallest absolute Gasteiger partial charge is 0.0897 e. The Morgan fingerprint density at radius 3 is 2.20 bits per heavy atom. The topological polar surface area (TPSA) is 43.7 Å². The fraction of sp³-hybridized carbons (Fsp3) is 1.00. The number of hydrogen-bond acceptors (Lipinski definition) is 3. The number of rotatable bonds is 4. The van der Waals surface area contributed by atoms with Crippen LogP contribution in [0.1, 0.15) is 13.8 Å². The zero-order chi connectivity index (χ0) is 8.15. The minimum Gasteiger partial charge on any atom is -0.394 e. The molecule has 2 N–H and O–H groups in total. The lowest BCUT2D eigenvalue weighted by molar-refractivity contribution is 0.0588. The van der Waals surface area contributed by atoms with E-state index in [-0.39, 0.29) is 6.61 Å². The van der Waals surface area contributed by atoms with Crippen LogP contribution in [0.4, 0.5) is 0 Å². The molecule has 0 aliphatic carbocycles. The van der Waals surface area contributed by atoms with Crippen LogP contribution in [0.2, 0.25) is 0 Å². The monoisotopic (exact) mass is 147 g/mol. The predicted octanol–water partition coefficient (Wildman–Crippen LogP) is -0.320. The van der Waals surface area contributed by atoms with Gasteiger partial charge in [-0.2, -0.15) is 0 Å². The summed E-state index contributed by atoms with van der Waals surface area (Å²) in [5, 5.41) is 17.5. The molecule has 0 heterocycles. The first-order chi connectivity index (χ1) is 4.57. The minimum atomic E-state index is -0.604. The van der Waals surface area contributed by atoms with Crippen LogP contribution in [0, 0.1) is 0 Å². The highest BCUT2D eigenvalue weighted by Gasteiger charge is 2.08. The van der Waals surface area contributed by atoms with Gasteiger partial charge in [0, 0.05) is 12.6 Å². The molecule has 1 atom stereocenters. The minimum absolute atomic E-state index is 0.156. The Hall–Kier alpha value is -0.120. The molecule has 3 nitrogen and oxygen atoms in total. The van der Waals surface area contributed by atoms with Gasteiger partial charge in [-0.25, -0.2) is 0 Å². The third kappa shape index (κ3) is 3.82.